The third-order valence-electron chi connectivity index (χ3n) is 4.63. The Bertz CT molecular complexity index is 717. The minimum Gasteiger partial charge on any atom is -0.491 e. The molecule has 0 spiro atoms. The van der Waals surface area contributed by atoms with Gasteiger partial charge in [-0.1, -0.05) is 18.2 Å². The molecule has 6 nitrogen and oxygen atoms in total. The molecule has 2 aliphatic heterocycles. The van der Waals surface area contributed by atoms with E-state index in [4.69, 9.17) is 4.74 Å². The van der Waals surface area contributed by atoms with Gasteiger partial charge in [0.15, 0.2) is 9.84 Å². The van der Waals surface area contributed by atoms with E-state index in [1.807, 2.05) is 48.2 Å². The van der Waals surface area contributed by atoms with Gasteiger partial charge in [0.25, 0.3) is 0 Å². The third-order valence-corrected chi connectivity index (χ3v) is 6.39. The summed E-state index contributed by atoms with van der Waals surface area (Å²) in [7, 11) is 0.840. The van der Waals surface area contributed by atoms with Crippen LogP contribution in [0, 0.1) is 5.92 Å². The first-order valence-electron chi connectivity index (χ1n) is 8.22. The van der Waals surface area contributed by atoms with E-state index in [2.05, 4.69) is 0 Å². The summed E-state index contributed by atoms with van der Waals surface area (Å²) in [5.74, 6) is 0.395. The minimum absolute atomic E-state index is 0.0283. The number of carbonyl (C=O) groups excluding carboxylic acids is 1. The van der Waals surface area contributed by atoms with Crippen LogP contribution in [0.2, 0.25) is 0 Å². The van der Waals surface area contributed by atoms with E-state index >= 15 is 0 Å². The summed E-state index contributed by atoms with van der Waals surface area (Å²) in [5, 5.41) is 0. The maximum absolute atomic E-state index is 13.0. The molecule has 1 fully saturated rings. The van der Waals surface area contributed by atoms with Crippen molar-refractivity contribution in [1.82, 2.24) is 9.80 Å². The highest BCUT2D eigenvalue weighted by Gasteiger charge is 2.38. The highest BCUT2D eigenvalue weighted by Crippen LogP contribution is 2.28. The Hall–Kier alpha value is -1.60. The lowest BCUT2D eigenvalue weighted by molar-refractivity contribution is -0.138. The van der Waals surface area contributed by atoms with E-state index in [1.165, 1.54) is 0 Å². The van der Waals surface area contributed by atoms with Crippen LogP contribution in [0.3, 0.4) is 0 Å². The largest absolute Gasteiger partial charge is 0.491 e. The normalized spacial score (nSPS) is 25.9. The van der Waals surface area contributed by atoms with Crippen LogP contribution >= 0.6 is 0 Å². The van der Waals surface area contributed by atoms with Gasteiger partial charge in [0.05, 0.1) is 23.5 Å². The lowest BCUT2D eigenvalue weighted by atomic mass is 10.0. The minimum atomic E-state index is -3.08. The Labute approximate surface area is 143 Å². The van der Waals surface area contributed by atoms with Crippen molar-refractivity contribution in [2.75, 3.05) is 38.8 Å². The van der Waals surface area contributed by atoms with Gasteiger partial charge in [-0.25, -0.2) is 8.42 Å². The van der Waals surface area contributed by atoms with Crippen LogP contribution in [0.1, 0.15) is 12.0 Å². The topological polar surface area (TPSA) is 66.9 Å². The highest BCUT2D eigenvalue weighted by molar-refractivity contribution is 7.91. The van der Waals surface area contributed by atoms with Crippen molar-refractivity contribution in [1.29, 1.82) is 0 Å². The smallest absolute Gasteiger partial charge is 0.227 e. The summed E-state index contributed by atoms with van der Waals surface area (Å²) >= 11 is 0. The molecule has 0 radical (unpaired) electrons. The van der Waals surface area contributed by atoms with Crippen molar-refractivity contribution >= 4 is 15.7 Å². The number of nitrogens with zero attached hydrogens (tertiary/aromatic N) is 2. The molecular formula is C17H24N2O4S. The number of rotatable bonds is 3. The molecule has 1 aromatic rings. The van der Waals surface area contributed by atoms with Crippen LogP contribution < -0.4 is 4.74 Å². The number of carbonyl (C=O) groups is 1. The summed E-state index contributed by atoms with van der Waals surface area (Å²) in [6.07, 6.45) is 0.425. The molecule has 0 N–H and O–H groups in total. The van der Waals surface area contributed by atoms with Crippen molar-refractivity contribution in [3.63, 3.8) is 0 Å². The summed E-state index contributed by atoms with van der Waals surface area (Å²) in [6, 6.07) is 7.62. The molecule has 1 amide bonds. The second kappa shape index (κ2) is 6.72. The maximum atomic E-state index is 13.0. The molecule has 7 heteroatoms. The standard InChI is InChI=1S/C17H24N2O4S/c1-18(2)10-15-11-23-16-6-4-3-5-13(16)9-19(15)17(20)14-7-8-24(21,22)12-14/h3-6,14-15H,7-12H2,1-2H3/t14-,15-/m1/s1. The Morgan fingerprint density at radius 3 is 2.75 bits per heavy atom. The van der Waals surface area contributed by atoms with E-state index in [0.29, 0.717) is 26.1 Å². The van der Waals surface area contributed by atoms with Crippen molar-refractivity contribution in [3.05, 3.63) is 29.8 Å². The van der Waals surface area contributed by atoms with Crippen molar-refractivity contribution in [2.24, 2.45) is 5.92 Å². The lowest BCUT2D eigenvalue weighted by Crippen LogP contribution is -2.49. The van der Waals surface area contributed by atoms with Gasteiger partial charge in [-0.15, -0.1) is 0 Å². The van der Waals surface area contributed by atoms with Crippen LogP contribution in [0.4, 0.5) is 0 Å². The molecule has 0 aromatic heterocycles. The second-order valence-electron chi connectivity index (χ2n) is 6.90. The van der Waals surface area contributed by atoms with Gasteiger partial charge in [-0.2, -0.15) is 0 Å². The Kier molecular flexibility index (Phi) is 4.83. The number of hydrogen-bond donors (Lipinski definition) is 0. The lowest BCUT2D eigenvalue weighted by Gasteiger charge is -2.32. The molecule has 3 rings (SSSR count). The van der Waals surface area contributed by atoms with Crippen LogP contribution in [-0.2, 0) is 21.2 Å². The van der Waals surface area contributed by atoms with Gasteiger partial charge in [-0.05, 0) is 26.6 Å². The Morgan fingerprint density at radius 1 is 1.33 bits per heavy atom. The summed E-state index contributed by atoms with van der Waals surface area (Å²) < 4.78 is 29.4. The monoisotopic (exact) mass is 352 g/mol. The van der Waals surface area contributed by atoms with Crippen molar-refractivity contribution < 1.29 is 17.9 Å². The van der Waals surface area contributed by atoms with Gasteiger partial charge in [0, 0.05) is 18.7 Å². The number of fused-ring (bicyclic) bond motifs is 1. The number of ether oxygens (including phenoxy) is 1. The number of amides is 1. The average molecular weight is 352 g/mol. The molecule has 2 heterocycles. The Balaban J connectivity index is 1.86. The summed E-state index contributed by atoms with van der Waals surface area (Å²) in [5.41, 5.74) is 0.966. The maximum Gasteiger partial charge on any atom is 0.227 e. The van der Waals surface area contributed by atoms with E-state index in [0.717, 1.165) is 11.3 Å². The number of likely N-dealkylation sites (N-methyl/N-ethyl adjacent to an activating group) is 1. The van der Waals surface area contributed by atoms with Crippen LogP contribution in [0.25, 0.3) is 0 Å². The van der Waals surface area contributed by atoms with E-state index in [-0.39, 0.29) is 23.5 Å². The molecule has 2 atom stereocenters. The summed E-state index contributed by atoms with van der Waals surface area (Å²) in [6.45, 7) is 1.56. The second-order valence-corrected chi connectivity index (χ2v) is 9.13. The first-order valence-corrected chi connectivity index (χ1v) is 10.0. The molecule has 0 bridgehead atoms. The molecule has 0 unspecified atom stereocenters. The molecule has 1 saturated heterocycles. The van der Waals surface area contributed by atoms with Gasteiger partial charge >= 0.3 is 0 Å². The zero-order valence-corrected chi connectivity index (χ0v) is 15.0. The first-order chi connectivity index (χ1) is 11.4. The van der Waals surface area contributed by atoms with Crippen LogP contribution in [0.15, 0.2) is 24.3 Å². The van der Waals surface area contributed by atoms with Crippen LogP contribution in [0.5, 0.6) is 5.75 Å². The van der Waals surface area contributed by atoms with E-state index < -0.39 is 15.8 Å². The van der Waals surface area contributed by atoms with E-state index in [1.54, 1.807) is 0 Å². The fourth-order valence-corrected chi connectivity index (χ4v) is 5.15. The molecule has 2 aliphatic rings. The summed E-state index contributed by atoms with van der Waals surface area (Å²) in [4.78, 5) is 16.9. The van der Waals surface area contributed by atoms with Crippen molar-refractivity contribution in [3.8, 4) is 5.75 Å². The fraction of sp³-hybridized carbons (Fsp3) is 0.588. The Morgan fingerprint density at radius 2 is 2.08 bits per heavy atom. The van der Waals surface area contributed by atoms with Gasteiger partial charge in [0.1, 0.15) is 12.4 Å². The highest BCUT2D eigenvalue weighted by atomic mass is 32.2. The zero-order chi connectivity index (χ0) is 17.3. The van der Waals surface area contributed by atoms with Crippen molar-refractivity contribution in [2.45, 2.75) is 19.0 Å². The third kappa shape index (κ3) is 3.72. The molecule has 24 heavy (non-hydrogen) atoms. The number of benzene rings is 1. The quantitative estimate of drug-likeness (QED) is 0.804. The molecule has 0 aliphatic carbocycles. The van der Waals surface area contributed by atoms with Gasteiger partial charge in [-0.3, -0.25) is 4.79 Å². The van der Waals surface area contributed by atoms with Crippen LogP contribution in [-0.4, -0.2) is 68.9 Å². The predicted molar refractivity (Wildman–Crippen MR) is 91.6 cm³/mol. The molecular weight excluding hydrogens is 328 g/mol. The number of sulfone groups is 1. The molecule has 1 aromatic carbocycles. The van der Waals surface area contributed by atoms with Gasteiger partial charge in [0.2, 0.25) is 5.91 Å². The SMILES string of the molecule is CN(C)C[C@@H]1COc2ccccc2CN1C(=O)[C@@H]1CCS(=O)(=O)C1. The predicted octanol–water partition coefficient (Wildman–Crippen LogP) is 0.773. The molecule has 0 saturated carbocycles. The van der Waals surface area contributed by atoms with E-state index in [9.17, 15) is 13.2 Å². The zero-order valence-electron chi connectivity index (χ0n) is 14.1. The average Bonchev–Trinajstić information content (AvgIpc) is 2.79. The first kappa shape index (κ1) is 17.2. The van der Waals surface area contributed by atoms with Gasteiger partial charge < -0.3 is 14.5 Å². The fourth-order valence-electron chi connectivity index (χ4n) is 3.42. The number of hydrogen-bond acceptors (Lipinski definition) is 5. The molecule has 132 valence electrons. The number of para-hydroxylation sites is 1.